The van der Waals surface area contributed by atoms with Crippen LogP contribution in [0.25, 0.3) is 0 Å². The van der Waals surface area contributed by atoms with Crippen LogP contribution in [0.5, 0.6) is 0 Å². The summed E-state index contributed by atoms with van der Waals surface area (Å²) in [5.41, 5.74) is 2.80. The van der Waals surface area contributed by atoms with Gasteiger partial charge in [0.15, 0.2) is 5.82 Å². The molecule has 2 heterocycles. The van der Waals surface area contributed by atoms with Crippen LogP contribution >= 0.6 is 11.6 Å². The second-order valence-electron chi connectivity index (χ2n) is 6.01. The van der Waals surface area contributed by atoms with Crippen molar-refractivity contribution in [1.29, 1.82) is 0 Å². The van der Waals surface area contributed by atoms with Crippen molar-refractivity contribution in [3.63, 3.8) is 0 Å². The summed E-state index contributed by atoms with van der Waals surface area (Å²) in [6.45, 7) is 3.19. The summed E-state index contributed by atoms with van der Waals surface area (Å²) in [5, 5.41) is 15.1. The van der Waals surface area contributed by atoms with E-state index in [0.717, 1.165) is 43.4 Å². The van der Waals surface area contributed by atoms with Crippen LogP contribution in [0, 0.1) is 0 Å². The molecule has 0 radical (unpaired) electrons. The Balaban J connectivity index is 1.54. The fraction of sp³-hybridized carbons (Fsp3) is 0.211. The fourth-order valence-corrected chi connectivity index (χ4v) is 3.08. The normalized spacial score (nSPS) is 14.0. The van der Waals surface area contributed by atoms with E-state index < -0.39 is 0 Å². The molecule has 2 aromatic carbocycles. The molecule has 0 amide bonds. The van der Waals surface area contributed by atoms with Crippen LogP contribution in [0.1, 0.15) is 0 Å². The molecule has 0 bridgehead atoms. The van der Waals surface area contributed by atoms with Crippen molar-refractivity contribution >= 4 is 40.4 Å². The SMILES string of the molecule is Clc1ccccc1Nc1nncc(Nc2ccccc2N2CCOCC2)n1. The maximum Gasteiger partial charge on any atom is 0.249 e. The van der Waals surface area contributed by atoms with Crippen LogP contribution in [0.2, 0.25) is 5.02 Å². The first-order valence-corrected chi connectivity index (χ1v) is 9.07. The number of aromatic nitrogens is 3. The van der Waals surface area contributed by atoms with Crippen molar-refractivity contribution in [2.75, 3.05) is 41.8 Å². The van der Waals surface area contributed by atoms with E-state index in [0.29, 0.717) is 16.8 Å². The Kier molecular flexibility index (Phi) is 5.32. The van der Waals surface area contributed by atoms with E-state index >= 15 is 0 Å². The van der Waals surface area contributed by atoms with Crippen molar-refractivity contribution in [2.24, 2.45) is 0 Å². The lowest BCUT2D eigenvalue weighted by Crippen LogP contribution is -2.36. The summed E-state index contributed by atoms with van der Waals surface area (Å²) in [5.74, 6) is 0.970. The molecule has 0 aliphatic carbocycles. The molecular formula is C19H19ClN6O. The number of halogens is 1. The average Bonchev–Trinajstić information content (AvgIpc) is 2.71. The molecule has 1 fully saturated rings. The molecule has 8 heteroatoms. The fourth-order valence-electron chi connectivity index (χ4n) is 2.90. The summed E-state index contributed by atoms with van der Waals surface area (Å²) in [6.07, 6.45) is 1.59. The highest BCUT2D eigenvalue weighted by molar-refractivity contribution is 6.33. The van der Waals surface area contributed by atoms with Gasteiger partial charge in [0, 0.05) is 13.1 Å². The molecule has 7 nitrogen and oxygen atoms in total. The number of nitrogens with one attached hydrogen (secondary N) is 2. The Morgan fingerprint density at radius 3 is 2.48 bits per heavy atom. The van der Waals surface area contributed by atoms with Gasteiger partial charge in [0.1, 0.15) is 0 Å². The lowest BCUT2D eigenvalue weighted by atomic mass is 10.2. The van der Waals surface area contributed by atoms with E-state index in [1.165, 1.54) is 0 Å². The predicted molar refractivity (Wildman–Crippen MR) is 107 cm³/mol. The minimum atomic E-state index is 0.372. The number of hydrogen-bond acceptors (Lipinski definition) is 7. The van der Waals surface area contributed by atoms with E-state index in [1.807, 2.05) is 36.4 Å². The molecule has 138 valence electrons. The van der Waals surface area contributed by atoms with Gasteiger partial charge >= 0.3 is 0 Å². The highest BCUT2D eigenvalue weighted by atomic mass is 35.5. The first-order valence-electron chi connectivity index (χ1n) is 8.69. The number of hydrogen-bond donors (Lipinski definition) is 2. The van der Waals surface area contributed by atoms with Crippen LogP contribution in [0.15, 0.2) is 54.7 Å². The number of para-hydroxylation sites is 3. The summed E-state index contributed by atoms with van der Waals surface area (Å²) in [4.78, 5) is 6.79. The standard InChI is InChI=1S/C19H19ClN6O/c20-14-5-1-2-6-15(14)23-19-24-18(13-21-25-19)22-16-7-3-4-8-17(16)26-9-11-27-12-10-26/h1-8,13H,9-12H2,(H2,22,23,24,25). The Bertz CT molecular complexity index is 916. The molecule has 4 rings (SSSR count). The van der Waals surface area contributed by atoms with Crippen molar-refractivity contribution in [2.45, 2.75) is 0 Å². The van der Waals surface area contributed by atoms with Gasteiger partial charge in [0.25, 0.3) is 0 Å². The van der Waals surface area contributed by atoms with Gasteiger partial charge in [-0.05, 0) is 24.3 Å². The van der Waals surface area contributed by atoms with Crippen LogP contribution in [-0.2, 0) is 4.74 Å². The number of benzene rings is 2. The molecule has 27 heavy (non-hydrogen) atoms. The molecule has 0 atom stereocenters. The predicted octanol–water partition coefficient (Wildman–Crippen LogP) is 3.85. The van der Waals surface area contributed by atoms with Gasteiger partial charge in [-0.2, -0.15) is 10.1 Å². The number of ether oxygens (including phenoxy) is 1. The van der Waals surface area contributed by atoms with Gasteiger partial charge in [-0.1, -0.05) is 35.9 Å². The molecular weight excluding hydrogens is 364 g/mol. The first kappa shape index (κ1) is 17.5. The molecule has 3 aromatic rings. The molecule has 1 saturated heterocycles. The Labute approximate surface area is 162 Å². The second-order valence-corrected chi connectivity index (χ2v) is 6.42. The summed E-state index contributed by atoms with van der Waals surface area (Å²) in [7, 11) is 0. The lowest BCUT2D eigenvalue weighted by Gasteiger charge is -2.30. The van der Waals surface area contributed by atoms with Crippen molar-refractivity contribution in [1.82, 2.24) is 15.2 Å². The highest BCUT2D eigenvalue weighted by Gasteiger charge is 2.15. The number of rotatable bonds is 5. The zero-order chi connectivity index (χ0) is 18.5. The van der Waals surface area contributed by atoms with Crippen LogP contribution < -0.4 is 15.5 Å². The van der Waals surface area contributed by atoms with Crippen molar-refractivity contribution in [3.8, 4) is 0 Å². The van der Waals surface area contributed by atoms with Gasteiger partial charge in [0.05, 0.1) is 41.5 Å². The lowest BCUT2D eigenvalue weighted by molar-refractivity contribution is 0.123. The van der Waals surface area contributed by atoms with E-state index in [4.69, 9.17) is 16.3 Å². The monoisotopic (exact) mass is 382 g/mol. The highest BCUT2D eigenvalue weighted by Crippen LogP contribution is 2.29. The van der Waals surface area contributed by atoms with Gasteiger partial charge in [-0.15, -0.1) is 5.10 Å². The molecule has 0 spiro atoms. The van der Waals surface area contributed by atoms with E-state index in [2.05, 4.69) is 36.8 Å². The molecule has 2 N–H and O–H groups in total. The van der Waals surface area contributed by atoms with Crippen LogP contribution in [-0.4, -0.2) is 41.5 Å². The Morgan fingerprint density at radius 2 is 1.67 bits per heavy atom. The van der Waals surface area contributed by atoms with Gasteiger partial charge in [0.2, 0.25) is 5.95 Å². The van der Waals surface area contributed by atoms with Crippen molar-refractivity contribution < 1.29 is 4.74 Å². The molecule has 1 aliphatic rings. The number of nitrogens with zero attached hydrogens (tertiary/aromatic N) is 4. The maximum atomic E-state index is 6.18. The van der Waals surface area contributed by atoms with Gasteiger partial charge < -0.3 is 20.3 Å². The molecule has 1 aliphatic heterocycles. The zero-order valence-electron chi connectivity index (χ0n) is 14.6. The largest absolute Gasteiger partial charge is 0.378 e. The third kappa shape index (κ3) is 4.27. The molecule has 0 saturated carbocycles. The van der Waals surface area contributed by atoms with Crippen molar-refractivity contribution in [3.05, 3.63) is 59.8 Å². The Morgan fingerprint density at radius 1 is 0.926 bits per heavy atom. The first-order chi connectivity index (χ1) is 13.3. The van der Waals surface area contributed by atoms with E-state index in [1.54, 1.807) is 12.3 Å². The van der Waals surface area contributed by atoms with Gasteiger partial charge in [-0.3, -0.25) is 0 Å². The third-order valence-corrected chi connectivity index (χ3v) is 4.53. The summed E-state index contributed by atoms with van der Waals surface area (Å²) < 4.78 is 5.45. The third-order valence-electron chi connectivity index (χ3n) is 4.20. The summed E-state index contributed by atoms with van der Waals surface area (Å²) >= 11 is 6.18. The second kappa shape index (κ2) is 8.20. The van der Waals surface area contributed by atoms with E-state index in [-0.39, 0.29) is 0 Å². The zero-order valence-corrected chi connectivity index (χ0v) is 15.4. The number of anilines is 5. The Hall–Kier alpha value is -2.90. The smallest absolute Gasteiger partial charge is 0.249 e. The quantitative estimate of drug-likeness (QED) is 0.694. The molecule has 0 unspecified atom stereocenters. The summed E-state index contributed by atoms with van der Waals surface area (Å²) in [6, 6.07) is 15.6. The maximum absolute atomic E-state index is 6.18. The number of morpholine rings is 1. The van der Waals surface area contributed by atoms with E-state index in [9.17, 15) is 0 Å². The minimum absolute atomic E-state index is 0.372. The van der Waals surface area contributed by atoms with Crippen LogP contribution in [0.3, 0.4) is 0 Å². The van der Waals surface area contributed by atoms with Gasteiger partial charge in [-0.25, -0.2) is 0 Å². The average molecular weight is 383 g/mol. The minimum Gasteiger partial charge on any atom is -0.378 e. The molecule has 1 aromatic heterocycles. The van der Waals surface area contributed by atoms with Crippen LogP contribution in [0.4, 0.5) is 28.8 Å². The topological polar surface area (TPSA) is 75.2 Å².